The molecular weight excluding hydrogens is 248 g/mol. The van der Waals surface area contributed by atoms with Crippen molar-refractivity contribution in [2.45, 2.75) is 37.4 Å². The number of rotatable bonds is 6. The van der Waals surface area contributed by atoms with Crippen molar-refractivity contribution in [3.8, 4) is 0 Å². The molecule has 0 aliphatic rings. The summed E-state index contributed by atoms with van der Waals surface area (Å²) >= 11 is 3.65. The molecule has 0 radical (unpaired) electrons. The minimum absolute atomic E-state index is 0.697. The van der Waals surface area contributed by atoms with Crippen LogP contribution in [0.5, 0.6) is 0 Å². The molecule has 0 nitrogen and oxygen atoms in total. The molecule has 0 heterocycles. The van der Waals surface area contributed by atoms with Crippen LogP contribution in [0.3, 0.4) is 0 Å². The van der Waals surface area contributed by atoms with E-state index in [1.807, 2.05) is 6.07 Å². The molecule has 0 N–H and O–H groups in total. The van der Waals surface area contributed by atoms with Gasteiger partial charge in [-0.25, -0.2) is 0 Å². The summed E-state index contributed by atoms with van der Waals surface area (Å²) in [6.07, 6.45) is 9.42. The molecule has 0 fully saturated rings. The Morgan fingerprint density at radius 1 is 1.27 bits per heavy atom. The Hall–Kier alpha value is -0.560. The largest absolute Gasteiger partial charge is 0.0891 e. The molecule has 0 amide bonds. The minimum Gasteiger partial charge on any atom is -0.0891 e. The van der Waals surface area contributed by atoms with Crippen molar-refractivity contribution in [3.05, 3.63) is 42.0 Å². The van der Waals surface area contributed by atoms with E-state index in [0.717, 1.165) is 0 Å². The topological polar surface area (TPSA) is 0 Å². The Bertz CT molecular complexity index is 277. The highest BCUT2D eigenvalue weighted by Gasteiger charge is 1.97. The molecule has 1 unspecified atom stereocenters. The van der Waals surface area contributed by atoms with Crippen molar-refractivity contribution in [1.82, 2.24) is 0 Å². The molecule has 1 atom stereocenters. The van der Waals surface area contributed by atoms with E-state index >= 15 is 0 Å². The molecule has 1 rings (SSSR count). The number of halogens is 1. The summed E-state index contributed by atoms with van der Waals surface area (Å²) < 4.78 is 0. The van der Waals surface area contributed by atoms with Crippen LogP contribution in [0.2, 0.25) is 0 Å². The van der Waals surface area contributed by atoms with Crippen LogP contribution in [0.25, 0.3) is 6.08 Å². The lowest BCUT2D eigenvalue weighted by Gasteiger charge is -2.03. The van der Waals surface area contributed by atoms with Gasteiger partial charge in [-0.1, -0.05) is 65.3 Å². The second-order valence-corrected chi connectivity index (χ2v) is 5.04. The highest BCUT2D eigenvalue weighted by molar-refractivity contribution is 9.09. The summed E-state index contributed by atoms with van der Waals surface area (Å²) in [6.45, 7) is 2.22. The molecule has 0 aromatic heterocycles. The molecule has 0 spiro atoms. The van der Waals surface area contributed by atoms with Gasteiger partial charge in [-0.15, -0.1) is 0 Å². The normalized spacial score (nSPS) is 13.2. The quantitative estimate of drug-likeness (QED) is 0.500. The van der Waals surface area contributed by atoms with Crippen LogP contribution in [0.15, 0.2) is 36.4 Å². The molecule has 1 aromatic carbocycles. The summed E-state index contributed by atoms with van der Waals surface area (Å²) in [7, 11) is 0. The second kappa shape index (κ2) is 7.70. The zero-order valence-corrected chi connectivity index (χ0v) is 10.9. The van der Waals surface area contributed by atoms with Crippen LogP contribution in [-0.2, 0) is 0 Å². The summed E-state index contributed by atoms with van der Waals surface area (Å²) in [5.41, 5.74) is 1.29. The lowest BCUT2D eigenvalue weighted by Crippen LogP contribution is -1.93. The smallest absolute Gasteiger partial charge is 0.0143 e. The van der Waals surface area contributed by atoms with Gasteiger partial charge in [-0.3, -0.25) is 0 Å². The molecule has 82 valence electrons. The first kappa shape index (κ1) is 12.5. The SMILES string of the molecule is CCC(Br)CCCC=Cc1ccccc1. The predicted molar refractivity (Wildman–Crippen MR) is 72.3 cm³/mol. The third-order valence-corrected chi connectivity index (χ3v) is 3.55. The van der Waals surface area contributed by atoms with Gasteiger partial charge in [-0.05, 0) is 31.2 Å². The summed E-state index contributed by atoms with van der Waals surface area (Å²) in [6, 6.07) is 10.5. The van der Waals surface area contributed by atoms with E-state index in [2.05, 4.69) is 59.3 Å². The van der Waals surface area contributed by atoms with E-state index < -0.39 is 0 Å². The van der Waals surface area contributed by atoms with Crippen LogP contribution in [0, 0.1) is 0 Å². The molecule has 0 aliphatic carbocycles. The molecule has 0 saturated heterocycles. The van der Waals surface area contributed by atoms with Crippen LogP contribution in [0.4, 0.5) is 0 Å². The number of unbranched alkanes of at least 4 members (excludes halogenated alkanes) is 1. The highest BCUT2D eigenvalue weighted by atomic mass is 79.9. The Morgan fingerprint density at radius 2 is 2.00 bits per heavy atom. The van der Waals surface area contributed by atoms with Gasteiger partial charge in [0, 0.05) is 4.83 Å². The Balaban J connectivity index is 2.18. The summed E-state index contributed by atoms with van der Waals surface area (Å²) in [5.74, 6) is 0. The van der Waals surface area contributed by atoms with Crippen molar-refractivity contribution < 1.29 is 0 Å². The van der Waals surface area contributed by atoms with E-state index in [1.165, 1.54) is 31.2 Å². The zero-order valence-electron chi connectivity index (χ0n) is 9.33. The molecule has 0 saturated carbocycles. The van der Waals surface area contributed by atoms with Crippen molar-refractivity contribution in [2.24, 2.45) is 0 Å². The molecule has 0 aliphatic heterocycles. The highest BCUT2D eigenvalue weighted by Crippen LogP contribution is 2.13. The minimum atomic E-state index is 0.697. The molecular formula is C14H19Br. The Labute approximate surface area is 102 Å². The van der Waals surface area contributed by atoms with E-state index in [-0.39, 0.29) is 0 Å². The van der Waals surface area contributed by atoms with Crippen molar-refractivity contribution in [1.29, 1.82) is 0 Å². The van der Waals surface area contributed by atoms with E-state index in [4.69, 9.17) is 0 Å². The zero-order chi connectivity index (χ0) is 10.9. The lowest BCUT2D eigenvalue weighted by molar-refractivity contribution is 0.699. The predicted octanol–water partition coefficient (Wildman–Crippen LogP) is 5.04. The summed E-state index contributed by atoms with van der Waals surface area (Å²) in [4.78, 5) is 0.697. The van der Waals surface area contributed by atoms with Crippen LogP contribution in [-0.4, -0.2) is 4.83 Å². The van der Waals surface area contributed by atoms with E-state index in [0.29, 0.717) is 4.83 Å². The number of hydrogen-bond acceptors (Lipinski definition) is 0. The van der Waals surface area contributed by atoms with Gasteiger partial charge in [-0.2, -0.15) is 0 Å². The van der Waals surface area contributed by atoms with Crippen molar-refractivity contribution in [2.75, 3.05) is 0 Å². The maximum Gasteiger partial charge on any atom is 0.0143 e. The van der Waals surface area contributed by atoms with Gasteiger partial charge < -0.3 is 0 Å². The maximum atomic E-state index is 3.65. The fourth-order valence-electron chi connectivity index (χ4n) is 1.44. The fraction of sp³-hybridized carbons (Fsp3) is 0.429. The third-order valence-electron chi connectivity index (χ3n) is 2.44. The van der Waals surface area contributed by atoms with E-state index in [9.17, 15) is 0 Å². The van der Waals surface area contributed by atoms with Crippen molar-refractivity contribution in [3.63, 3.8) is 0 Å². The monoisotopic (exact) mass is 266 g/mol. The second-order valence-electron chi connectivity index (χ2n) is 3.75. The van der Waals surface area contributed by atoms with Gasteiger partial charge in [0.15, 0.2) is 0 Å². The van der Waals surface area contributed by atoms with E-state index in [1.54, 1.807) is 0 Å². The lowest BCUT2D eigenvalue weighted by atomic mass is 10.1. The standard InChI is InChI=1S/C14H19Br/c1-2-14(15)12-8-4-7-11-13-9-5-3-6-10-13/h3,5-7,9-11,14H,2,4,8,12H2,1H3. The van der Waals surface area contributed by atoms with Crippen LogP contribution < -0.4 is 0 Å². The average Bonchev–Trinajstić information content (AvgIpc) is 2.29. The summed E-state index contributed by atoms with van der Waals surface area (Å²) in [5, 5.41) is 0. The van der Waals surface area contributed by atoms with Crippen LogP contribution >= 0.6 is 15.9 Å². The fourth-order valence-corrected chi connectivity index (χ4v) is 1.77. The number of benzene rings is 1. The van der Waals surface area contributed by atoms with Gasteiger partial charge in [0.2, 0.25) is 0 Å². The number of allylic oxidation sites excluding steroid dienone is 1. The Morgan fingerprint density at radius 3 is 2.67 bits per heavy atom. The van der Waals surface area contributed by atoms with Gasteiger partial charge in [0.1, 0.15) is 0 Å². The van der Waals surface area contributed by atoms with Gasteiger partial charge in [0.25, 0.3) is 0 Å². The first-order valence-corrected chi connectivity index (χ1v) is 6.60. The maximum absolute atomic E-state index is 3.65. The molecule has 0 bridgehead atoms. The first-order chi connectivity index (χ1) is 7.33. The van der Waals surface area contributed by atoms with Crippen molar-refractivity contribution >= 4 is 22.0 Å². The molecule has 1 aromatic rings. The number of alkyl halides is 1. The molecule has 1 heteroatoms. The number of hydrogen-bond donors (Lipinski definition) is 0. The van der Waals surface area contributed by atoms with Crippen LogP contribution in [0.1, 0.15) is 38.2 Å². The first-order valence-electron chi connectivity index (χ1n) is 5.68. The average molecular weight is 267 g/mol. The van der Waals surface area contributed by atoms with Gasteiger partial charge in [0.05, 0.1) is 0 Å². The molecule has 15 heavy (non-hydrogen) atoms. The Kier molecular flexibility index (Phi) is 6.42. The van der Waals surface area contributed by atoms with Gasteiger partial charge >= 0.3 is 0 Å². The third kappa shape index (κ3) is 5.78.